The molecule has 8 heteroatoms. The molecule has 1 N–H and O–H groups in total. The second-order valence-electron chi connectivity index (χ2n) is 6.34. The van der Waals surface area contributed by atoms with E-state index in [1.54, 1.807) is 49.6 Å². The summed E-state index contributed by atoms with van der Waals surface area (Å²) in [5.41, 5.74) is 2.64. The number of amides is 1. The van der Waals surface area contributed by atoms with Gasteiger partial charge in [-0.25, -0.2) is 4.98 Å². The fourth-order valence-corrected chi connectivity index (χ4v) is 3.89. The molecule has 0 radical (unpaired) electrons. The summed E-state index contributed by atoms with van der Waals surface area (Å²) in [6, 6.07) is 18.0. The molecule has 0 unspecified atom stereocenters. The number of carbonyl (C=O) groups is 1. The van der Waals surface area contributed by atoms with Crippen molar-refractivity contribution < 1.29 is 13.9 Å². The van der Waals surface area contributed by atoms with Crippen molar-refractivity contribution in [1.82, 2.24) is 4.98 Å². The van der Waals surface area contributed by atoms with Gasteiger partial charge < -0.3 is 14.5 Å². The molecule has 0 fully saturated rings. The Balaban J connectivity index is 1.46. The Kier molecular flexibility index (Phi) is 6.18. The van der Waals surface area contributed by atoms with Crippen LogP contribution in [0, 0.1) is 0 Å². The lowest BCUT2D eigenvalue weighted by Crippen LogP contribution is -2.13. The summed E-state index contributed by atoms with van der Waals surface area (Å²) in [5.74, 6) is 1.20. The van der Waals surface area contributed by atoms with Crippen molar-refractivity contribution in [3.63, 3.8) is 0 Å². The molecule has 0 bridgehead atoms. The lowest BCUT2D eigenvalue weighted by Gasteiger charge is -2.05. The van der Waals surface area contributed by atoms with Crippen molar-refractivity contribution >= 4 is 57.7 Å². The topological polar surface area (TPSA) is 64.4 Å². The summed E-state index contributed by atoms with van der Waals surface area (Å²) in [6.07, 6.45) is 0. The first kappa shape index (κ1) is 20.6. The maximum atomic E-state index is 12.3. The third-order valence-corrected chi connectivity index (χ3v) is 5.81. The standard InChI is InChI=1S/C22H16Cl2N2O3S/c1-28-19-8-2-13(10-17(19)24)22-26-18-11-15(5-9-20(18)29-22)25-21(27)12-30-16-6-3-14(23)4-7-16/h2-11H,12H2,1H3,(H,25,27). The minimum absolute atomic E-state index is 0.111. The van der Waals surface area contributed by atoms with E-state index in [-0.39, 0.29) is 11.7 Å². The van der Waals surface area contributed by atoms with Crippen LogP contribution in [0.25, 0.3) is 22.6 Å². The van der Waals surface area contributed by atoms with E-state index in [0.29, 0.717) is 38.5 Å². The van der Waals surface area contributed by atoms with Gasteiger partial charge in [0.15, 0.2) is 5.58 Å². The third-order valence-electron chi connectivity index (χ3n) is 4.25. The molecular weight excluding hydrogens is 443 g/mol. The number of aromatic nitrogens is 1. The van der Waals surface area contributed by atoms with Crippen molar-refractivity contribution in [2.24, 2.45) is 0 Å². The number of hydrogen-bond acceptors (Lipinski definition) is 5. The molecule has 1 amide bonds. The summed E-state index contributed by atoms with van der Waals surface area (Å²) in [5, 5.41) is 4.03. The molecular formula is C22H16Cl2N2O3S. The number of halogens is 2. The van der Waals surface area contributed by atoms with Crippen molar-refractivity contribution in [2.75, 3.05) is 18.2 Å². The largest absolute Gasteiger partial charge is 0.495 e. The predicted molar refractivity (Wildman–Crippen MR) is 122 cm³/mol. The number of ether oxygens (including phenoxy) is 1. The number of benzene rings is 3. The predicted octanol–water partition coefficient (Wildman–Crippen LogP) is 6.54. The van der Waals surface area contributed by atoms with Gasteiger partial charge in [0.1, 0.15) is 11.3 Å². The normalized spacial score (nSPS) is 10.9. The Labute approximate surface area is 187 Å². The van der Waals surface area contributed by atoms with Crippen LogP contribution in [-0.4, -0.2) is 23.8 Å². The molecule has 4 rings (SSSR count). The van der Waals surface area contributed by atoms with Gasteiger partial charge in [0.2, 0.25) is 11.8 Å². The Bertz CT molecular complexity index is 1210. The number of nitrogens with one attached hydrogen (secondary N) is 1. The van der Waals surface area contributed by atoms with Crippen molar-refractivity contribution in [2.45, 2.75) is 4.90 Å². The minimum Gasteiger partial charge on any atom is -0.495 e. The average molecular weight is 459 g/mol. The van der Waals surface area contributed by atoms with Gasteiger partial charge in [-0.05, 0) is 60.7 Å². The molecule has 0 atom stereocenters. The molecule has 0 aliphatic rings. The molecule has 0 saturated heterocycles. The summed E-state index contributed by atoms with van der Waals surface area (Å²) >= 11 is 13.5. The number of rotatable bonds is 6. The summed E-state index contributed by atoms with van der Waals surface area (Å²) in [6.45, 7) is 0. The van der Waals surface area contributed by atoms with E-state index in [1.165, 1.54) is 11.8 Å². The first-order valence-corrected chi connectivity index (χ1v) is 10.7. The Hall–Kier alpha value is -2.67. The van der Waals surface area contributed by atoms with Crippen LogP contribution in [0.1, 0.15) is 0 Å². The quantitative estimate of drug-likeness (QED) is 0.332. The number of hydrogen-bond donors (Lipinski definition) is 1. The zero-order valence-electron chi connectivity index (χ0n) is 15.8. The molecule has 1 heterocycles. The number of methoxy groups -OCH3 is 1. The van der Waals surface area contributed by atoms with Gasteiger partial charge in [0.05, 0.1) is 17.9 Å². The third kappa shape index (κ3) is 4.73. The van der Waals surface area contributed by atoms with Crippen LogP contribution < -0.4 is 10.1 Å². The van der Waals surface area contributed by atoms with E-state index in [2.05, 4.69) is 10.3 Å². The van der Waals surface area contributed by atoms with E-state index in [4.69, 9.17) is 32.4 Å². The first-order valence-electron chi connectivity index (χ1n) is 8.94. The van der Waals surface area contributed by atoms with Gasteiger partial charge in [-0.15, -0.1) is 11.8 Å². The lowest BCUT2D eigenvalue weighted by atomic mass is 10.2. The lowest BCUT2D eigenvalue weighted by molar-refractivity contribution is -0.113. The van der Waals surface area contributed by atoms with Crippen LogP contribution in [0.4, 0.5) is 5.69 Å². The highest BCUT2D eigenvalue weighted by molar-refractivity contribution is 8.00. The molecule has 0 aliphatic carbocycles. The van der Waals surface area contributed by atoms with Gasteiger partial charge in [-0.1, -0.05) is 23.2 Å². The molecule has 4 aromatic rings. The maximum Gasteiger partial charge on any atom is 0.234 e. The van der Waals surface area contributed by atoms with Crippen LogP contribution >= 0.6 is 35.0 Å². The molecule has 30 heavy (non-hydrogen) atoms. The monoisotopic (exact) mass is 458 g/mol. The number of anilines is 1. The second-order valence-corrected chi connectivity index (χ2v) is 8.23. The van der Waals surface area contributed by atoms with E-state index in [9.17, 15) is 4.79 Å². The number of fused-ring (bicyclic) bond motifs is 1. The molecule has 0 spiro atoms. The molecule has 152 valence electrons. The Morgan fingerprint density at radius 3 is 2.63 bits per heavy atom. The van der Waals surface area contributed by atoms with Crippen LogP contribution in [-0.2, 0) is 4.79 Å². The molecule has 3 aromatic carbocycles. The Morgan fingerprint density at radius 2 is 1.90 bits per heavy atom. The van der Waals surface area contributed by atoms with Gasteiger partial charge in [-0.3, -0.25) is 4.79 Å². The molecule has 1 aromatic heterocycles. The van der Waals surface area contributed by atoms with E-state index in [1.807, 2.05) is 18.2 Å². The number of carbonyl (C=O) groups excluding carboxylic acids is 1. The number of nitrogens with zero attached hydrogens (tertiary/aromatic N) is 1. The highest BCUT2D eigenvalue weighted by Gasteiger charge is 2.12. The van der Waals surface area contributed by atoms with E-state index >= 15 is 0 Å². The Morgan fingerprint density at radius 1 is 1.10 bits per heavy atom. The zero-order chi connectivity index (χ0) is 21.1. The average Bonchev–Trinajstić information content (AvgIpc) is 3.17. The van der Waals surface area contributed by atoms with Crippen molar-refractivity contribution in [3.8, 4) is 17.2 Å². The van der Waals surface area contributed by atoms with E-state index in [0.717, 1.165) is 10.5 Å². The van der Waals surface area contributed by atoms with Crippen molar-refractivity contribution in [1.29, 1.82) is 0 Å². The summed E-state index contributed by atoms with van der Waals surface area (Å²) in [4.78, 5) is 17.8. The zero-order valence-corrected chi connectivity index (χ0v) is 18.1. The van der Waals surface area contributed by atoms with Gasteiger partial charge in [-0.2, -0.15) is 0 Å². The maximum absolute atomic E-state index is 12.3. The number of thioether (sulfide) groups is 1. The highest BCUT2D eigenvalue weighted by atomic mass is 35.5. The van der Waals surface area contributed by atoms with Crippen molar-refractivity contribution in [3.05, 3.63) is 70.7 Å². The summed E-state index contributed by atoms with van der Waals surface area (Å²) in [7, 11) is 1.56. The van der Waals surface area contributed by atoms with Gasteiger partial charge in [0.25, 0.3) is 0 Å². The summed E-state index contributed by atoms with van der Waals surface area (Å²) < 4.78 is 11.0. The van der Waals surface area contributed by atoms with Crippen LogP contribution in [0.2, 0.25) is 10.0 Å². The smallest absolute Gasteiger partial charge is 0.234 e. The van der Waals surface area contributed by atoms with Gasteiger partial charge in [0, 0.05) is 21.2 Å². The minimum atomic E-state index is -0.111. The molecule has 5 nitrogen and oxygen atoms in total. The first-order chi connectivity index (χ1) is 14.5. The van der Waals surface area contributed by atoms with Crippen LogP contribution in [0.15, 0.2) is 70.0 Å². The number of oxazole rings is 1. The van der Waals surface area contributed by atoms with E-state index < -0.39 is 0 Å². The SMILES string of the molecule is COc1ccc(-c2nc3cc(NC(=O)CSc4ccc(Cl)cc4)ccc3o2)cc1Cl. The fraction of sp³-hybridized carbons (Fsp3) is 0.0909. The second kappa shape index (κ2) is 9.00. The fourth-order valence-electron chi connectivity index (χ4n) is 2.80. The molecule has 0 aliphatic heterocycles. The van der Waals surface area contributed by atoms with Crippen LogP contribution in [0.5, 0.6) is 5.75 Å². The molecule has 0 saturated carbocycles. The van der Waals surface area contributed by atoms with Crippen LogP contribution in [0.3, 0.4) is 0 Å². The highest BCUT2D eigenvalue weighted by Crippen LogP contribution is 2.32. The van der Waals surface area contributed by atoms with Gasteiger partial charge >= 0.3 is 0 Å².